The van der Waals surface area contributed by atoms with E-state index < -0.39 is 0 Å². The third-order valence-corrected chi connectivity index (χ3v) is 4.30. The van der Waals surface area contributed by atoms with E-state index in [1.165, 1.54) is 12.1 Å². The summed E-state index contributed by atoms with van der Waals surface area (Å²) in [5, 5.41) is 3.53. The molecule has 0 aliphatic carbocycles. The van der Waals surface area contributed by atoms with Crippen molar-refractivity contribution in [2.45, 2.75) is 25.9 Å². The van der Waals surface area contributed by atoms with Crippen molar-refractivity contribution in [3.05, 3.63) is 60.2 Å². The van der Waals surface area contributed by atoms with Gasteiger partial charge in [-0.25, -0.2) is 4.39 Å². The van der Waals surface area contributed by atoms with Crippen molar-refractivity contribution in [2.24, 2.45) is 5.92 Å². The van der Waals surface area contributed by atoms with Gasteiger partial charge >= 0.3 is 0 Å². The fraction of sp³-hybridized carbons (Fsp3) is 0.389. The van der Waals surface area contributed by atoms with Gasteiger partial charge in [-0.3, -0.25) is 9.88 Å². The van der Waals surface area contributed by atoms with Crippen LogP contribution >= 0.6 is 0 Å². The third-order valence-electron chi connectivity index (χ3n) is 4.30. The number of piperidine rings is 1. The molecule has 1 aliphatic rings. The summed E-state index contributed by atoms with van der Waals surface area (Å²) in [5.74, 6) is 0.353. The SMILES string of the molecule is C[C@H]1CN(Cc2ccccn2)CC[C@@H]1Nc1ccc(F)cc1. The number of likely N-dealkylation sites (tertiary alicyclic amines) is 1. The molecule has 22 heavy (non-hydrogen) atoms. The second kappa shape index (κ2) is 6.88. The van der Waals surface area contributed by atoms with Crippen LogP contribution in [0.5, 0.6) is 0 Å². The molecule has 1 aliphatic heterocycles. The van der Waals surface area contributed by atoms with Gasteiger partial charge in [0.1, 0.15) is 5.82 Å². The zero-order chi connectivity index (χ0) is 15.4. The minimum absolute atomic E-state index is 0.191. The van der Waals surface area contributed by atoms with E-state index in [0.29, 0.717) is 12.0 Å². The second-order valence-electron chi connectivity index (χ2n) is 6.08. The lowest BCUT2D eigenvalue weighted by molar-refractivity contribution is 0.163. The molecule has 2 aromatic rings. The lowest BCUT2D eigenvalue weighted by Gasteiger charge is -2.37. The monoisotopic (exact) mass is 299 g/mol. The summed E-state index contributed by atoms with van der Waals surface area (Å²) < 4.78 is 13.0. The van der Waals surface area contributed by atoms with Crippen LogP contribution in [0.2, 0.25) is 0 Å². The Morgan fingerprint density at radius 2 is 2.05 bits per heavy atom. The van der Waals surface area contributed by atoms with Crippen molar-refractivity contribution in [2.75, 3.05) is 18.4 Å². The van der Waals surface area contributed by atoms with Crippen molar-refractivity contribution >= 4 is 5.69 Å². The highest BCUT2D eigenvalue weighted by molar-refractivity contribution is 5.44. The molecular weight excluding hydrogens is 277 g/mol. The fourth-order valence-corrected chi connectivity index (χ4v) is 3.07. The Balaban J connectivity index is 1.54. The van der Waals surface area contributed by atoms with Gasteiger partial charge in [-0.05, 0) is 48.7 Å². The van der Waals surface area contributed by atoms with Gasteiger partial charge < -0.3 is 5.32 Å². The Morgan fingerprint density at radius 1 is 1.23 bits per heavy atom. The van der Waals surface area contributed by atoms with Crippen LogP contribution in [0.15, 0.2) is 48.7 Å². The van der Waals surface area contributed by atoms with Crippen molar-refractivity contribution in [3.63, 3.8) is 0 Å². The molecule has 1 saturated heterocycles. The Kier molecular flexibility index (Phi) is 4.68. The Morgan fingerprint density at radius 3 is 2.73 bits per heavy atom. The van der Waals surface area contributed by atoms with Crippen molar-refractivity contribution < 1.29 is 4.39 Å². The number of anilines is 1. The molecule has 1 aromatic heterocycles. The maximum atomic E-state index is 13.0. The smallest absolute Gasteiger partial charge is 0.123 e. The normalized spacial score (nSPS) is 22.5. The summed E-state index contributed by atoms with van der Waals surface area (Å²) >= 11 is 0. The molecule has 1 fully saturated rings. The number of nitrogens with one attached hydrogen (secondary N) is 1. The van der Waals surface area contributed by atoms with Crippen LogP contribution in [0.4, 0.5) is 10.1 Å². The Labute approximate surface area is 131 Å². The molecular formula is C18H22FN3. The van der Waals surface area contributed by atoms with Crippen LogP contribution in [0.25, 0.3) is 0 Å². The quantitative estimate of drug-likeness (QED) is 0.936. The minimum Gasteiger partial charge on any atom is -0.382 e. The summed E-state index contributed by atoms with van der Waals surface area (Å²) in [6.45, 7) is 5.29. The first-order valence-electron chi connectivity index (χ1n) is 7.85. The maximum absolute atomic E-state index is 13.0. The highest BCUT2D eigenvalue weighted by Crippen LogP contribution is 2.22. The van der Waals surface area contributed by atoms with Gasteiger partial charge in [0, 0.05) is 37.6 Å². The highest BCUT2D eigenvalue weighted by atomic mass is 19.1. The molecule has 2 atom stereocenters. The third kappa shape index (κ3) is 3.83. The van der Waals surface area contributed by atoms with Gasteiger partial charge in [0.2, 0.25) is 0 Å². The molecule has 1 N–H and O–H groups in total. The zero-order valence-corrected chi connectivity index (χ0v) is 12.9. The van der Waals surface area contributed by atoms with Crippen LogP contribution in [0.3, 0.4) is 0 Å². The number of hydrogen-bond donors (Lipinski definition) is 1. The van der Waals surface area contributed by atoms with E-state index in [9.17, 15) is 4.39 Å². The lowest BCUT2D eigenvalue weighted by Crippen LogP contribution is -2.44. The number of rotatable bonds is 4. The first kappa shape index (κ1) is 15.0. The summed E-state index contributed by atoms with van der Waals surface area (Å²) in [6, 6.07) is 13.1. The Bertz CT molecular complexity index is 585. The fourth-order valence-electron chi connectivity index (χ4n) is 3.07. The van der Waals surface area contributed by atoms with E-state index in [1.807, 2.05) is 30.5 Å². The van der Waals surface area contributed by atoms with Gasteiger partial charge in [-0.1, -0.05) is 13.0 Å². The first-order valence-corrected chi connectivity index (χ1v) is 7.85. The second-order valence-corrected chi connectivity index (χ2v) is 6.08. The molecule has 0 saturated carbocycles. The van der Waals surface area contributed by atoms with Crippen LogP contribution in [0.1, 0.15) is 19.0 Å². The number of pyridine rings is 1. The van der Waals surface area contributed by atoms with Crippen LogP contribution in [-0.2, 0) is 6.54 Å². The first-order chi connectivity index (χ1) is 10.7. The van der Waals surface area contributed by atoms with Crippen LogP contribution < -0.4 is 5.32 Å². The minimum atomic E-state index is -0.191. The molecule has 2 heterocycles. The molecule has 3 nitrogen and oxygen atoms in total. The molecule has 4 heteroatoms. The number of halogens is 1. The predicted molar refractivity (Wildman–Crippen MR) is 87.1 cm³/mol. The van der Waals surface area contributed by atoms with E-state index in [2.05, 4.69) is 28.2 Å². The van der Waals surface area contributed by atoms with Crippen molar-refractivity contribution in [3.8, 4) is 0 Å². The summed E-state index contributed by atoms with van der Waals surface area (Å²) in [7, 11) is 0. The summed E-state index contributed by atoms with van der Waals surface area (Å²) in [5.41, 5.74) is 2.12. The molecule has 3 rings (SSSR count). The van der Waals surface area contributed by atoms with Gasteiger partial charge in [0.05, 0.1) is 5.69 Å². The van der Waals surface area contributed by atoms with E-state index in [-0.39, 0.29) is 5.82 Å². The van der Waals surface area contributed by atoms with E-state index in [4.69, 9.17) is 0 Å². The number of aromatic nitrogens is 1. The van der Waals surface area contributed by atoms with E-state index in [1.54, 1.807) is 0 Å². The number of benzene rings is 1. The van der Waals surface area contributed by atoms with Crippen molar-refractivity contribution in [1.82, 2.24) is 9.88 Å². The summed E-state index contributed by atoms with van der Waals surface area (Å²) in [4.78, 5) is 6.85. The highest BCUT2D eigenvalue weighted by Gasteiger charge is 2.26. The largest absolute Gasteiger partial charge is 0.382 e. The predicted octanol–water partition coefficient (Wildman–Crippen LogP) is 3.54. The van der Waals surface area contributed by atoms with E-state index in [0.717, 1.165) is 37.4 Å². The van der Waals surface area contributed by atoms with Gasteiger partial charge in [0.25, 0.3) is 0 Å². The maximum Gasteiger partial charge on any atom is 0.123 e. The van der Waals surface area contributed by atoms with Gasteiger partial charge in [-0.2, -0.15) is 0 Å². The molecule has 0 bridgehead atoms. The molecule has 0 spiro atoms. The average molecular weight is 299 g/mol. The topological polar surface area (TPSA) is 28.2 Å². The zero-order valence-electron chi connectivity index (χ0n) is 12.9. The number of hydrogen-bond acceptors (Lipinski definition) is 3. The molecule has 0 unspecified atom stereocenters. The van der Waals surface area contributed by atoms with Gasteiger partial charge in [0.15, 0.2) is 0 Å². The Hall–Kier alpha value is -1.94. The molecule has 116 valence electrons. The summed E-state index contributed by atoms with van der Waals surface area (Å²) in [6.07, 6.45) is 2.94. The van der Waals surface area contributed by atoms with E-state index >= 15 is 0 Å². The lowest BCUT2D eigenvalue weighted by atomic mass is 9.93. The molecule has 1 aromatic carbocycles. The van der Waals surface area contributed by atoms with Crippen molar-refractivity contribution in [1.29, 1.82) is 0 Å². The molecule has 0 amide bonds. The number of nitrogens with zero attached hydrogens (tertiary/aromatic N) is 2. The average Bonchev–Trinajstić information content (AvgIpc) is 2.53. The molecule has 0 radical (unpaired) electrons. The van der Waals surface area contributed by atoms with Gasteiger partial charge in [-0.15, -0.1) is 0 Å². The standard InChI is InChI=1S/C18H22FN3/c1-14-12-22(13-17-4-2-3-10-20-17)11-9-18(14)21-16-7-5-15(19)6-8-16/h2-8,10,14,18,21H,9,11-13H2,1H3/t14-,18-/m0/s1. The van der Waals surface area contributed by atoms with Crippen LogP contribution in [-0.4, -0.2) is 29.0 Å². The van der Waals surface area contributed by atoms with Crippen LogP contribution in [0, 0.1) is 11.7 Å².